The number of benzene rings is 3. The molecule has 1 N–H and O–H groups in total. The molecule has 3 aromatic rings. The molecule has 1 aliphatic heterocycles. The van der Waals surface area contributed by atoms with Crippen LogP contribution in [-0.4, -0.2) is 15.0 Å². The van der Waals surface area contributed by atoms with Crippen molar-refractivity contribution < 1.29 is 8.42 Å². The lowest BCUT2D eigenvalue weighted by Gasteiger charge is -2.38. The summed E-state index contributed by atoms with van der Waals surface area (Å²) < 4.78 is 28.5. The van der Waals surface area contributed by atoms with Gasteiger partial charge in [0.1, 0.15) is 0 Å². The first-order chi connectivity index (χ1) is 15.5. The topological polar surface area (TPSA) is 49.4 Å². The van der Waals surface area contributed by atoms with E-state index in [2.05, 4.69) is 23.5 Å². The van der Waals surface area contributed by atoms with Crippen molar-refractivity contribution >= 4 is 33.0 Å². The molecule has 0 amide bonds. The predicted octanol–water partition coefficient (Wildman–Crippen LogP) is 6.38. The van der Waals surface area contributed by atoms with Crippen molar-refractivity contribution in [3.63, 3.8) is 0 Å². The molecule has 4 nitrogen and oxygen atoms in total. The van der Waals surface area contributed by atoms with E-state index in [0.29, 0.717) is 23.0 Å². The molecule has 1 heterocycles. The molecule has 0 bridgehead atoms. The van der Waals surface area contributed by atoms with Gasteiger partial charge in [-0.15, -0.1) is 0 Å². The Morgan fingerprint density at radius 3 is 2.59 bits per heavy atom. The number of nitrogens with one attached hydrogen (secondary N) is 1. The first-order valence-electron chi connectivity index (χ1n) is 10.9. The van der Waals surface area contributed by atoms with Crippen LogP contribution in [-0.2, 0) is 10.0 Å². The molecule has 0 radical (unpaired) electrons. The van der Waals surface area contributed by atoms with Gasteiger partial charge >= 0.3 is 0 Å². The number of allylic oxidation sites excluding steroid dienone is 2. The molecule has 3 unspecified atom stereocenters. The number of hydrogen-bond acceptors (Lipinski definition) is 3. The van der Waals surface area contributed by atoms with Crippen LogP contribution in [0, 0.1) is 5.92 Å². The number of halogens is 1. The molecule has 2 aliphatic rings. The van der Waals surface area contributed by atoms with Crippen molar-refractivity contribution in [1.29, 1.82) is 0 Å². The van der Waals surface area contributed by atoms with Gasteiger partial charge < -0.3 is 5.32 Å². The van der Waals surface area contributed by atoms with Crippen LogP contribution < -0.4 is 9.62 Å². The van der Waals surface area contributed by atoms with Crippen molar-refractivity contribution in [3.05, 3.63) is 101 Å². The van der Waals surface area contributed by atoms with Gasteiger partial charge in [0.15, 0.2) is 0 Å². The van der Waals surface area contributed by atoms with Crippen molar-refractivity contribution in [3.8, 4) is 0 Å². The van der Waals surface area contributed by atoms with E-state index < -0.39 is 10.0 Å². The van der Waals surface area contributed by atoms with E-state index in [-0.39, 0.29) is 12.0 Å². The standard InChI is InChI=1S/C26H25ClN2O2S/c1-2-29(20-10-4-3-5-11-20)32(30,31)21-14-15-25-24(17-21)22-12-7-13-23(22)26(28-25)18-8-6-9-19(27)16-18/h3-12,14-17,22-23,26,28H,2,13H2,1H3. The van der Waals surface area contributed by atoms with E-state index in [1.165, 1.54) is 4.31 Å². The Labute approximate surface area is 194 Å². The number of hydrogen-bond donors (Lipinski definition) is 1. The number of nitrogens with zero attached hydrogens (tertiary/aromatic N) is 1. The van der Waals surface area contributed by atoms with Gasteiger partial charge in [0.2, 0.25) is 0 Å². The number of anilines is 2. The maximum atomic E-state index is 13.5. The molecule has 164 valence electrons. The first kappa shape index (κ1) is 21.1. The third-order valence-corrected chi connectivity index (χ3v) is 8.60. The second-order valence-corrected chi connectivity index (χ2v) is 10.6. The van der Waals surface area contributed by atoms with Gasteiger partial charge in [-0.3, -0.25) is 4.31 Å². The van der Waals surface area contributed by atoms with E-state index >= 15 is 0 Å². The van der Waals surface area contributed by atoms with Gasteiger partial charge in [-0.25, -0.2) is 8.42 Å². The fourth-order valence-electron chi connectivity index (χ4n) is 4.98. The van der Waals surface area contributed by atoms with Crippen LogP contribution in [0.2, 0.25) is 5.02 Å². The molecule has 3 aromatic carbocycles. The van der Waals surface area contributed by atoms with Gasteiger partial charge in [0.05, 0.1) is 16.6 Å². The number of fused-ring (bicyclic) bond motifs is 3. The molecule has 0 saturated heterocycles. The van der Waals surface area contributed by atoms with E-state index in [1.54, 1.807) is 6.07 Å². The molecular formula is C26H25ClN2O2S. The van der Waals surface area contributed by atoms with Gasteiger partial charge in [-0.2, -0.15) is 0 Å². The van der Waals surface area contributed by atoms with E-state index in [1.807, 2.05) is 67.6 Å². The fraction of sp³-hybridized carbons (Fsp3) is 0.231. The Balaban J connectivity index is 1.54. The molecular weight excluding hydrogens is 440 g/mol. The molecule has 32 heavy (non-hydrogen) atoms. The van der Waals surface area contributed by atoms with Crippen LogP contribution in [0.1, 0.15) is 36.4 Å². The number of para-hydroxylation sites is 1. The van der Waals surface area contributed by atoms with Crippen LogP contribution in [0.5, 0.6) is 0 Å². The van der Waals surface area contributed by atoms with Gasteiger partial charge in [-0.05, 0) is 72.9 Å². The predicted molar refractivity (Wildman–Crippen MR) is 131 cm³/mol. The zero-order chi connectivity index (χ0) is 22.3. The minimum Gasteiger partial charge on any atom is -0.378 e. The molecule has 1 aliphatic carbocycles. The minimum absolute atomic E-state index is 0.125. The summed E-state index contributed by atoms with van der Waals surface area (Å²) in [5.74, 6) is 0.479. The molecule has 3 atom stereocenters. The molecule has 0 saturated carbocycles. The number of sulfonamides is 1. The van der Waals surface area contributed by atoms with E-state index in [4.69, 9.17) is 11.6 Å². The Kier molecular flexibility index (Phi) is 5.48. The summed E-state index contributed by atoms with van der Waals surface area (Å²) in [7, 11) is -3.67. The average molecular weight is 465 g/mol. The molecule has 0 spiro atoms. The van der Waals surface area contributed by atoms with Gasteiger partial charge in [0.25, 0.3) is 10.0 Å². The summed E-state index contributed by atoms with van der Waals surface area (Å²) in [4.78, 5) is 0.323. The first-order valence-corrected chi connectivity index (χ1v) is 12.7. The Hall–Kier alpha value is -2.76. The summed E-state index contributed by atoms with van der Waals surface area (Å²) >= 11 is 6.26. The monoisotopic (exact) mass is 464 g/mol. The second-order valence-electron chi connectivity index (χ2n) is 8.28. The van der Waals surface area contributed by atoms with Crippen molar-refractivity contribution in [2.45, 2.75) is 30.2 Å². The average Bonchev–Trinajstić information content (AvgIpc) is 3.29. The Bertz CT molecular complexity index is 1270. The number of rotatable bonds is 5. The summed E-state index contributed by atoms with van der Waals surface area (Å²) in [5.41, 5.74) is 3.84. The minimum atomic E-state index is -3.67. The van der Waals surface area contributed by atoms with Crippen LogP contribution in [0.4, 0.5) is 11.4 Å². The highest BCUT2D eigenvalue weighted by Crippen LogP contribution is 2.50. The van der Waals surface area contributed by atoms with Gasteiger partial charge in [0, 0.05) is 23.2 Å². The van der Waals surface area contributed by atoms with Crippen LogP contribution in [0.25, 0.3) is 0 Å². The summed E-state index contributed by atoms with van der Waals surface area (Å²) in [6.07, 6.45) is 5.36. The maximum absolute atomic E-state index is 13.5. The van der Waals surface area contributed by atoms with Crippen LogP contribution in [0.3, 0.4) is 0 Å². The third kappa shape index (κ3) is 3.59. The zero-order valence-corrected chi connectivity index (χ0v) is 19.4. The highest BCUT2D eigenvalue weighted by molar-refractivity contribution is 7.92. The lowest BCUT2D eigenvalue weighted by atomic mass is 9.77. The molecule has 0 fully saturated rings. The molecule has 5 rings (SSSR count). The summed E-state index contributed by atoms with van der Waals surface area (Å²) in [6.45, 7) is 2.22. The third-order valence-electron chi connectivity index (χ3n) is 6.46. The molecule has 6 heteroatoms. The van der Waals surface area contributed by atoms with Crippen molar-refractivity contribution in [2.75, 3.05) is 16.2 Å². The second kappa shape index (κ2) is 8.30. The summed E-state index contributed by atoms with van der Waals surface area (Å²) in [6, 6.07) is 22.8. The Morgan fingerprint density at radius 1 is 1.03 bits per heavy atom. The van der Waals surface area contributed by atoms with Crippen LogP contribution >= 0.6 is 11.6 Å². The quantitative estimate of drug-likeness (QED) is 0.445. The Morgan fingerprint density at radius 2 is 1.84 bits per heavy atom. The van der Waals surface area contributed by atoms with E-state index in [0.717, 1.165) is 28.3 Å². The highest BCUT2D eigenvalue weighted by Gasteiger charge is 2.38. The SMILES string of the molecule is CCN(c1ccccc1)S(=O)(=O)c1ccc2c(c1)C1C=CCC1C(c1cccc(Cl)c1)N2. The normalized spacial score (nSPS) is 21.5. The zero-order valence-electron chi connectivity index (χ0n) is 17.8. The summed E-state index contributed by atoms with van der Waals surface area (Å²) in [5, 5.41) is 4.38. The van der Waals surface area contributed by atoms with Crippen molar-refractivity contribution in [2.24, 2.45) is 5.92 Å². The smallest absolute Gasteiger partial charge is 0.264 e. The van der Waals surface area contributed by atoms with E-state index in [9.17, 15) is 8.42 Å². The largest absolute Gasteiger partial charge is 0.378 e. The fourth-order valence-corrected chi connectivity index (χ4v) is 6.68. The lowest BCUT2D eigenvalue weighted by molar-refractivity contribution is 0.425. The van der Waals surface area contributed by atoms with Gasteiger partial charge in [-0.1, -0.05) is 54.1 Å². The van der Waals surface area contributed by atoms with Crippen molar-refractivity contribution in [1.82, 2.24) is 0 Å². The lowest BCUT2D eigenvalue weighted by Crippen LogP contribution is -2.32. The molecule has 0 aromatic heterocycles. The maximum Gasteiger partial charge on any atom is 0.264 e. The highest BCUT2D eigenvalue weighted by atomic mass is 35.5. The van der Waals surface area contributed by atoms with Crippen LogP contribution in [0.15, 0.2) is 89.8 Å².